The fourth-order valence-corrected chi connectivity index (χ4v) is 7.92. The van der Waals surface area contributed by atoms with Gasteiger partial charge in [-0.05, 0) is 41.5 Å². The molecule has 0 radical (unpaired) electrons. The summed E-state index contributed by atoms with van der Waals surface area (Å²) in [6.07, 6.45) is 9.06. The minimum absolute atomic E-state index is 0.313. The molecule has 0 aromatic heterocycles. The van der Waals surface area contributed by atoms with E-state index in [9.17, 15) is 0 Å². The Kier molecular flexibility index (Phi) is 5.07. The third-order valence-electron chi connectivity index (χ3n) is 4.86. The van der Waals surface area contributed by atoms with Crippen LogP contribution in [0.5, 0.6) is 0 Å². The van der Waals surface area contributed by atoms with Crippen molar-refractivity contribution in [3.05, 3.63) is 46.6 Å². The first-order valence-corrected chi connectivity index (χ1v) is 9.94. The zero-order chi connectivity index (χ0) is 15.6. The summed E-state index contributed by atoms with van der Waals surface area (Å²) < 4.78 is 12.8. The summed E-state index contributed by atoms with van der Waals surface area (Å²) in [5.41, 5.74) is 6.16. The molecular formula is C18H28O2Si. The van der Waals surface area contributed by atoms with Crippen LogP contribution in [0.25, 0.3) is 0 Å². The first-order valence-electron chi connectivity index (χ1n) is 7.97. The second-order valence-electron chi connectivity index (χ2n) is 5.99. The predicted octanol–water partition coefficient (Wildman–Crippen LogP) is 5.05. The molecule has 0 bridgehead atoms. The SMILES string of the molecule is CCO[Si](OCC)(C1C=CC(C)=C1C)C1C=CC(C)=C1C. The average Bonchev–Trinajstić information content (AvgIpc) is 2.95. The summed E-state index contributed by atoms with van der Waals surface area (Å²) in [5, 5.41) is 0. The van der Waals surface area contributed by atoms with Gasteiger partial charge >= 0.3 is 8.56 Å². The highest BCUT2D eigenvalue weighted by Gasteiger charge is 2.53. The van der Waals surface area contributed by atoms with Gasteiger partial charge in [0.15, 0.2) is 0 Å². The molecule has 3 heteroatoms. The Morgan fingerprint density at radius 2 is 1.19 bits per heavy atom. The maximum Gasteiger partial charge on any atom is 0.360 e. The fourth-order valence-electron chi connectivity index (χ4n) is 3.44. The van der Waals surface area contributed by atoms with Gasteiger partial charge in [-0.2, -0.15) is 0 Å². The van der Waals surface area contributed by atoms with Crippen LogP contribution in [-0.4, -0.2) is 21.8 Å². The van der Waals surface area contributed by atoms with Crippen LogP contribution in [0.4, 0.5) is 0 Å². The Morgan fingerprint density at radius 3 is 1.43 bits per heavy atom. The summed E-state index contributed by atoms with van der Waals surface area (Å²) in [6, 6.07) is 0. The van der Waals surface area contributed by atoms with E-state index in [1.807, 2.05) is 0 Å². The highest BCUT2D eigenvalue weighted by Crippen LogP contribution is 2.50. The van der Waals surface area contributed by atoms with Gasteiger partial charge in [0.05, 0.1) is 0 Å². The van der Waals surface area contributed by atoms with E-state index in [0.717, 1.165) is 0 Å². The Labute approximate surface area is 130 Å². The lowest BCUT2D eigenvalue weighted by molar-refractivity contribution is 0.176. The number of hydrogen-bond donors (Lipinski definition) is 0. The molecule has 2 nitrogen and oxygen atoms in total. The lowest BCUT2D eigenvalue weighted by Gasteiger charge is -2.40. The second kappa shape index (κ2) is 6.47. The monoisotopic (exact) mass is 304 g/mol. The molecular weight excluding hydrogens is 276 g/mol. The van der Waals surface area contributed by atoms with Gasteiger partial charge < -0.3 is 8.85 Å². The molecule has 116 valence electrons. The molecule has 0 N–H and O–H groups in total. The molecule has 0 saturated carbocycles. The summed E-state index contributed by atoms with van der Waals surface area (Å²) >= 11 is 0. The Bertz CT molecular complexity index is 477. The molecule has 2 unspecified atom stereocenters. The van der Waals surface area contributed by atoms with Crippen LogP contribution in [0.15, 0.2) is 46.6 Å². The second-order valence-corrected chi connectivity index (χ2v) is 9.26. The van der Waals surface area contributed by atoms with E-state index in [1.165, 1.54) is 22.3 Å². The molecule has 2 aliphatic rings. The van der Waals surface area contributed by atoms with Crippen molar-refractivity contribution in [1.29, 1.82) is 0 Å². The van der Waals surface area contributed by atoms with Gasteiger partial charge in [0, 0.05) is 24.3 Å². The van der Waals surface area contributed by atoms with E-state index >= 15 is 0 Å². The van der Waals surface area contributed by atoms with Crippen LogP contribution in [0, 0.1) is 0 Å². The highest BCUT2D eigenvalue weighted by molar-refractivity contribution is 6.73. The Morgan fingerprint density at radius 1 is 0.810 bits per heavy atom. The van der Waals surface area contributed by atoms with E-state index in [-0.39, 0.29) is 0 Å². The van der Waals surface area contributed by atoms with Gasteiger partial charge in [0.1, 0.15) is 0 Å². The standard InChI is InChI=1S/C18H28O2Si/c1-7-19-21(20-8-2,17-11-9-13(3)15(17)5)18-12-10-14(4)16(18)6/h9-12,17-18H,7-8H2,1-6H3. The van der Waals surface area contributed by atoms with E-state index in [2.05, 4.69) is 65.8 Å². The van der Waals surface area contributed by atoms with Gasteiger partial charge in [0.2, 0.25) is 0 Å². The molecule has 0 amide bonds. The Balaban J connectivity index is 2.49. The van der Waals surface area contributed by atoms with Gasteiger partial charge in [-0.3, -0.25) is 0 Å². The van der Waals surface area contributed by atoms with Crippen LogP contribution in [0.1, 0.15) is 41.5 Å². The topological polar surface area (TPSA) is 18.5 Å². The minimum Gasteiger partial charge on any atom is -0.393 e. The van der Waals surface area contributed by atoms with Gasteiger partial charge in [0.25, 0.3) is 0 Å². The first kappa shape index (κ1) is 16.5. The largest absolute Gasteiger partial charge is 0.393 e. The van der Waals surface area contributed by atoms with Crippen LogP contribution < -0.4 is 0 Å². The van der Waals surface area contributed by atoms with E-state index < -0.39 is 8.56 Å². The molecule has 2 atom stereocenters. The van der Waals surface area contributed by atoms with Crippen molar-refractivity contribution in [3.8, 4) is 0 Å². The third kappa shape index (κ3) is 2.74. The van der Waals surface area contributed by atoms with Crippen molar-refractivity contribution in [3.63, 3.8) is 0 Å². The zero-order valence-electron chi connectivity index (χ0n) is 14.2. The maximum atomic E-state index is 6.42. The van der Waals surface area contributed by atoms with Gasteiger partial charge in [-0.15, -0.1) is 0 Å². The molecule has 0 spiro atoms. The van der Waals surface area contributed by atoms with Gasteiger partial charge in [-0.25, -0.2) is 0 Å². The minimum atomic E-state index is -2.43. The van der Waals surface area contributed by atoms with Crippen molar-refractivity contribution in [2.75, 3.05) is 13.2 Å². The highest BCUT2D eigenvalue weighted by atomic mass is 28.4. The summed E-state index contributed by atoms with van der Waals surface area (Å²) in [6.45, 7) is 14.4. The van der Waals surface area contributed by atoms with Crippen molar-refractivity contribution in [2.45, 2.75) is 52.6 Å². The fraction of sp³-hybridized carbons (Fsp3) is 0.556. The van der Waals surface area contributed by atoms with Crippen molar-refractivity contribution < 1.29 is 8.85 Å². The maximum absolute atomic E-state index is 6.42. The molecule has 2 aliphatic carbocycles. The smallest absolute Gasteiger partial charge is 0.360 e. The van der Waals surface area contributed by atoms with Crippen LogP contribution in [0.3, 0.4) is 0 Å². The molecule has 0 heterocycles. The lowest BCUT2D eigenvalue weighted by Crippen LogP contribution is -2.50. The molecule has 0 aromatic rings. The first-order chi connectivity index (χ1) is 9.97. The van der Waals surface area contributed by atoms with Crippen LogP contribution in [-0.2, 0) is 8.85 Å². The van der Waals surface area contributed by atoms with Gasteiger partial charge in [-0.1, -0.05) is 46.6 Å². The van der Waals surface area contributed by atoms with E-state index in [4.69, 9.17) is 8.85 Å². The zero-order valence-corrected chi connectivity index (χ0v) is 15.2. The molecule has 0 saturated heterocycles. The van der Waals surface area contributed by atoms with Crippen molar-refractivity contribution in [2.24, 2.45) is 0 Å². The number of hydrogen-bond acceptors (Lipinski definition) is 2. The average molecular weight is 305 g/mol. The predicted molar refractivity (Wildman–Crippen MR) is 91.5 cm³/mol. The lowest BCUT2D eigenvalue weighted by atomic mass is 10.2. The van der Waals surface area contributed by atoms with Crippen molar-refractivity contribution in [1.82, 2.24) is 0 Å². The molecule has 2 rings (SSSR count). The molecule has 21 heavy (non-hydrogen) atoms. The Hall–Kier alpha value is -0.903. The molecule has 0 fully saturated rings. The van der Waals surface area contributed by atoms with E-state index in [1.54, 1.807) is 0 Å². The summed E-state index contributed by atoms with van der Waals surface area (Å²) in [7, 11) is -2.43. The van der Waals surface area contributed by atoms with Crippen LogP contribution >= 0.6 is 0 Å². The normalized spacial score (nSPS) is 25.6. The van der Waals surface area contributed by atoms with Crippen LogP contribution in [0.2, 0.25) is 11.1 Å². The quantitative estimate of drug-likeness (QED) is 0.639. The third-order valence-corrected chi connectivity index (χ3v) is 9.33. The molecule has 0 aromatic carbocycles. The number of rotatable bonds is 6. The van der Waals surface area contributed by atoms with E-state index in [0.29, 0.717) is 24.3 Å². The summed E-state index contributed by atoms with van der Waals surface area (Å²) in [5.74, 6) is 0. The summed E-state index contributed by atoms with van der Waals surface area (Å²) in [4.78, 5) is 0. The molecule has 0 aliphatic heterocycles. The van der Waals surface area contributed by atoms with Crippen molar-refractivity contribution >= 4 is 8.56 Å². The number of allylic oxidation sites excluding steroid dienone is 8.